The number of nitrogens with zero attached hydrogens (tertiary/aromatic N) is 1. The number of amides is 1. The molecule has 1 aliphatic heterocycles. The first-order valence-corrected chi connectivity index (χ1v) is 12.9. The standard InChI is InChI=1S/C30H36N2O2/c1-4-6-8-25-17-22-18-26(34-3)13-14-27(22)29(32(25)28(33)5-2)21-9-11-23(12-10-21)31-24-19-30(20-24)15-7-16-30/h2,9-14,18,24-25,29,31H,4,6-8,15-17,19-20H2,1,3H3/t25-,29-/m0/s1. The van der Waals surface area contributed by atoms with Gasteiger partial charge in [0, 0.05) is 17.8 Å². The van der Waals surface area contributed by atoms with E-state index in [0.29, 0.717) is 11.5 Å². The second-order valence-electron chi connectivity index (χ2n) is 10.5. The summed E-state index contributed by atoms with van der Waals surface area (Å²) < 4.78 is 5.51. The van der Waals surface area contributed by atoms with Crippen molar-refractivity contribution in [2.45, 2.75) is 82.8 Å². The fourth-order valence-corrected chi connectivity index (χ4v) is 6.41. The summed E-state index contributed by atoms with van der Waals surface area (Å²) >= 11 is 0. The maximum Gasteiger partial charge on any atom is 0.299 e. The van der Waals surface area contributed by atoms with Crippen LogP contribution in [0.4, 0.5) is 5.69 Å². The van der Waals surface area contributed by atoms with Crippen LogP contribution in [0.2, 0.25) is 0 Å². The minimum atomic E-state index is -0.227. The lowest BCUT2D eigenvalue weighted by Gasteiger charge is -2.54. The van der Waals surface area contributed by atoms with Crippen LogP contribution in [0, 0.1) is 17.8 Å². The van der Waals surface area contributed by atoms with E-state index < -0.39 is 0 Å². The summed E-state index contributed by atoms with van der Waals surface area (Å²) in [5.41, 5.74) is 5.31. The van der Waals surface area contributed by atoms with Gasteiger partial charge in [0.15, 0.2) is 0 Å². The summed E-state index contributed by atoms with van der Waals surface area (Å²) in [6, 6.07) is 15.4. The zero-order valence-electron chi connectivity index (χ0n) is 20.5. The molecular formula is C30H36N2O2. The Morgan fingerprint density at radius 2 is 1.97 bits per heavy atom. The molecule has 2 aromatic rings. The van der Waals surface area contributed by atoms with Crippen LogP contribution >= 0.6 is 0 Å². The molecule has 2 saturated carbocycles. The highest BCUT2D eigenvalue weighted by Gasteiger charge is 2.48. The topological polar surface area (TPSA) is 41.6 Å². The van der Waals surface area contributed by atoms with Crippen LogP contribution in [0.5, 0.6) is 5.75 Å². The number of carbonyl (C=O) groups excluding carboxylic acids is 1. The minimum absolute atomic E-state index is 0.0829. The zero-order valence-corrected chi connectivity index (χ0v) is 20.5. The third-order valence-electron chi connectivity index (χ3n) is 8.39. The van der Waals surface area contributed by atoms with Crippen LogP contribution in [0.25, 0.3) is 0 Å². The molecule has 2 aliphatic carbocycles. The monoisotopic (exact) mass is 456 g/mol. The predicted octanol–water partition coefficient (Wildman–Crippen LogP) is 6.11. The van der Waals surface area contributed by atoms with Gasteiger partial charge >= 0.3 is 0 Å². The van der Waals surface area contributed by atoms with Gasteiger partial charge in [-0.25, -0.2) is 0 Å². The van der Waals surface area contributed by atoms with E-state index in [1.54, 1.807) is 7.11 Å². The first-order valence-electron chi connectivity index (χ1n) is 12.9. The molecule has 0 unspecified atom stereocenters. The van der Waals surface area contributed by atoms with Crippen LogP contribution in [-0.2, 0) is 11.2 Å². The molecule has 0 aromatic heterocycles. The molecule has 2 fully saturated rings. The maximum atomic E-state index is 13.1. The molecule has 4 heteroatoms. The SMILES string of the molecule is C#CC(=O)N1[C@@H](CCCC)Cc2cc(OC)ccc2[C@@H]1c1ccc(NC2CC3(CCC3)C2)cc1. The van der Waals surface area contributed by atoms with E-state index >= 15 is 0 Å². The highest BCUT2D eigenvalue weighted by atomic mass is 16.5. The zero-order chi connectivity index (χ0) is 23.7. The molecule has 0 radical (unpaired) electrons. The molecule has 2 atom stereocenters. The van der Waals surface area contributed by atoms with Gasteiger partial charge in [-0.3, -0.25) is 4.79 Å². The fraction of sp³-hybridized carbons (Fsp3) is 0.500. The normalized spacial score (nSPS) is 22.8. The van der Waals surface area contributed by atoms with Gasteiger partial charge in [0.05, 0.1) is 13.2 Å². The van der Waals surface area contributed by atoms with Gasteiger partial charge in [0.25, 0.3) is 5.91 Å². The van der Waals surface area contributed by atoms with E-state index in [0.717, 1.165) is 48.2 Å². The molecule has 1 spiro atoms. The molecule has 178 valence electrons. The van der Waals surface area contributed by atoms with Crippen molar-refractivity contribution >= 4 is 11.6 Å². The second-order valence-corrected chi connectivity index (χ2v) is 10.5. The van der Waals surface area contributed by atoms with Crippen LogP contribution in [0.3, 0.4) is 0 Å². The summed E-state index contributed by atoms with van der Waals surface area (Å²) in [5.74, 6) is 3.04. The summed E-state index contributed by atoms with van der Waals surface area (Å²) in [4.78, 5) is 15.0. The number of ether oxygens (including phenoxy) is 1. The van der Waals surface area contributed by atoms with E-state index in [2.05, 4.69) is 54.6 Å². The Bertz CT molecular complexity index is 1070. The van der Waals surface area contributed by atoms with Crippen molar-refractivity contribution in [3.63, 3.8) is 0 Å². The van der Waals surface area contributed by atoms with E-state index in [-0.39, 0.29) is 18.0 Å². The largest absolute Gasteiger partial charge is 0.497 e. The Morgan fingerprint density at radius 1 is 1.21 bits per heavy atom. The number of rotatable bonds is 7. The third-order valence-corrected chi connectivity index (χ3v) is 8.39. The average molecular weight is 457 g/mol. The molecule has 5 rings (SSSR count). The fourth-order valence-electron chi connectivity index (χ4n) is 6.41. The molecule has 0 saturated heterocycles. The van der Waals surface area contributed by atoms with Crippen molar-refractivity contribution in [3.05, 3.63) is 59.2 Å². The van der Waals surface area contributed by atoms with Crippen molar-refractivity contribution in [3.8, 4) is 18.1 Å². The molecule has 0 bridgehead atoms. The lowest BCUT2D eigenvalue weighted by Crippen LogP contribution is -2.49. The van der Waals surface area contributed by atoms with Crippen molar-refractivity contribution in [1.29, 1.82) is 0 Å². The third kappa shape index (κ3) is 4.17. The van der Waals surface area contributed by atoms with Crippen LogP contribution in [0.1, 0.15) is 81.0 Å². The Labute approximate surface area is 204 Å². The van der Waals surface area contributed by atoms with Crippen molar-refractivity contribution in [1.82, 2.24) is 4.90 Å². The van der Waals surface area contributed by atoms with E-state index in [1.165, 1.54) is 37.7 Å². The van der Waals surface area contributed by atoms with E-state index in [4.69, 9.17) is 11.2 Å². The first-order chi connectivity index (χ1) is 16.6. The Morgan fingerprint density at radius 3 is 2.59 bits per heavy atom. The van der Waals surface area contributed by atoms with Gasteiger partial charge < -0.3 is 15.0 Å². The molecule has 2 aromatic carbocycles. The van der Waals surface area contributed by atoms with Gasteiger partial charge in [-0.1, -0.05) is 44.4 Å². The molecule has 4 nitrogen and oxygen atoms in total. The van der Waals surface area contributed by atoms with Gasteiger partial charge in [0.2, 0.25) is 0 Å². The van der Waals surface area contributed by atoms with Gasteiger partial charge in [-0.15, -0.1) is 6.42 Å². The van der Waals surface area contributed by atoms with Gasteiger partial charge in [-0.05, 0) is 90.8 Å². The number of unbranched alkanes of at least 4 members (excludes halogenated alkanes) is 1. The number of terminal acetylenes is 1. The first kappa shape index (κ1) is 22.8. The van der Waals surface area contributed by atoms with E-state index in [1.807, 2.05) is 11.0 Å². The molecule has 1 heterocycles. The Balaban J connectivity index is 1.44. The van der Waals surface area contributed by atoms with Crippen LogP contribution < -0.4 is 10.1 Å². The summed E-state index contributed by atoms with van der Waals surface area (Å²) in [5, 5.41) is 3.72. The smallest absolute Gasteiger partial charge is 0.299 e. The minimum Gasteiger partial charge on any atom is -0.497 e. The lowest BCUT2D eigenvalue weighted by molar-refractivity contribution is -0.130. The van der Waals surface area contributed by atoms with Crippen LogP contribution in [-0.4, -0.2) is 30.0 Å². The highest BCUT2D eigenvalue weighted by Crippen LogP contribution is 2.56. The number of carbonyl (C=O) groups is 1. The number of fused-ring (bicyclic) bond motifs is 1. The molecule has 1 N–H and O–H groups in total. The lowest BCUT2D eigenvalue weighted by atomic mass is 9.54. The Kier molecular flexibility index (Phi) is 6.30. The predicted molar refractivity (Wildman–Crippen MR) is 137 cm³/mol. The molecular weight excluding hydrogens is 420 g/mol. The number of hydrogen-bond acceptors (Lipinski definition) is 3. The number of benzene rings is 2. The average Bonchev–Trinajstić information content (AvgIpc) is 2.82. The molecule has 34 heavy (non-hydrogen) atoms. The van der Waals surface area contributed by atoms with Gasteiger partial charge in [0.1, 0.15) is 5.75 Å². The van der Waals surface area contributed by atoms with Crippen LogP contribution in [0.15, 0.2) is 42.5 Å². The Hall–Kier alpha value is -2.93. The number of nitrogens with one attached hydrogen (secondary N) is 1. The second kappa shape index (κ2) is 9.37. The molecule has 3 aliphatic rings. The van der Waals surface area contributed by atoms with Gasteiger partial charge in [-0.2, -0.15) is 0 Å². The summed E-state index contributed by atoms with van der Waals surface area (Å²) in [6.45, 7) is 2.19. The number of anilines is 1. The summed E-state index contributed by atoms with van der Waals surface area (Å²) in [6.07, 6.45) is 16.4. The van der Waals surface area contributed by atoms with E-state index in [9.17, 15) is 4.79 Å². The van der Waals surface area contributed by atoms with Crippen molar-refractivity contribution in [2.75, 3.05) is 12.4 Å². The number of hydrogen-bond donors (Lipinski definition) is 1. The quantitative estimate of drug-likeness (QED) is 0.512. The van der Waals surface area contributed by atoms with Crippen molar-refractivity contribution in [2.24, 2.45) is 5.41 Å². The van der Waals surface area contributed by atoms with Crippen molar-refractivity contribution < 1.29 is 9.53 Å². The molecule has 1 amide bonds. The number of methoxy groups -OCH3 is 1. The highest BCUT2D eigenvalue weighted by molar-refractivity contribution is 5.94. The maximum absolute atomic E-state index is 13.1. The summed E-state index contributed by atoms with van der Waals surface area (Å²) in [7, 11) is 1.70.